The third-order valence-corrected chi connectivity index (χ3v) is 3.64. The maximum atomic E-state index is 11.6. The van der Waals surface area contributed by atoms with E-state index in [0.717, 1.165) is 18.2 Å². The summed E-state index contributed by atoms with van der Waals surface area (Å²) in [5.41, 5.74) is -0.737. The summed E-state index contributed by atoms with van der Waals surface area (Å²) in [6, 6.07) is 2.91. The van der Waals surface area contributed by atoms with Crippen LogP contribution >= 0.6 is 11.6 Å². The standard InChI is InChI=1S/C8H6ClNO6S/c9-5-1-2-7(6(3-5)10(13)14)17(15,16)4-8(11)12/h1-3H,4H2,(H,11,12). The maximum absolute atomic E-state index is 11.6. The summed E-state index contributed by atoms with van der Waals surface area (Å²) >= 11 is 5.50. The molecule has 9 heteroatoms. The van der Waals surface area contributed by atoms with Gasteiger partial charge in [0.05, 0.1) is 4.92 Å². The number of sulfone groups is 1. The number of hydrogen-bond acceptors (Lipinski definition) is 5. The fourth-order valence-corrected chi connectivity index (χ4v) is 2.51. The number of carboxylic acid groups (broad SMARTS) is 1. The molecule has 92 valence electrons. The number of halogens is 1. The highest BCUT2D eigenvalue weighted by atomic mass is 35.5. The van der Waals surface area contributed by atoms with Gasteiger partial charge in [0, 0.05) is 11.1 Å². The smallest absolute Gasteiger partial charge is 0.319 e. The van der Waals surface area contributed by atoms with Gasteiger partial charge in [-0.1, -0.05) is 11.6 Å². The predicted molar refractivity (Wildman–Crippen MR) is 57.8 cm³/mol. The maximum Gasteiger partial charge on any atom is 0.319 e. The number of nitro benzene ring substituents is 1. The molecule has 0 aliphatic rings. The molecule has 0 amide bonds. The van der Waals surface area contributed by atoms with Gasteiger partial charge in [0.15, 0.2) is 15.6 Å². The summed E-state index contributed by atoms with van der Waals surface area (Å²) in [6.45, 7) is 0. The van der Waals surface area contributed by atoms with Crippen LogP contribution in [0.2, 0.25) is 5.02 Å². The van der Waals surface area contributed by atoms with Crippen LogP contribution in [-0.4, -0.2) is 30.2 Å². The number of nitro groups is 1. The van der Waals surface area contributed by atoms with Gasteiger partial charge in [0.25, 0.3) is 5.69 Å². The Morgan fingerprint density at radius 3 is 2.53 bits per heavy atom. The van der Waals surface area contributed by atoms with Crippen LogP contribution in [0, 0.1) is 10.1 Å². The van der Waals surface area contributed by atoms with E-state index in [2.05, 4.69) is 0 Å². The molecule has 0 bridgehead atoms. The molecular formula is C8H6ClNO6S. The van der Waals surface area contributed by atoms with Crippen LogP contribution in [0.1, 0.15) is 0 Å². The lowest BCUT2D eigenvalue weighted by molar-refractivity contribution is -0.387. The molecule has 0 aliphatic heterocycles. The summed E-state index contributed by atoms with van der Waals surface area (Å²) in [5.74, 6) is -2.80. The Bertz CT molecular complexity index is 582. The second-order valence-corrected chi connectivity index (χ2v) is 5.42. The number of hydrogen-bond donors (Lipinski definition) is 1. The Labute approximate surface area is 101 Å². The van der Waals surface area contributed by atoms with Gasteiger partial charge in [-0.05, 0) is 12.1 Å². The zero-order valence-electron chi connectivity index (χ0n) is 8.16. The van der Waals surface area contributed by atoms with Crippen molar-refractivity contribution in [1.82, 2.24) is 0 Å². The molecule has 0 aromatic heterocycles. The highest BCUT2D eigenvalue weighted by Gasteiger charge is 2.28. The zero-order valence-corrected chi connectivity index (χ0v) is 9.73. The average Bonchev–Trinajstić information content (AvgIpc) is 2.14. The van der Waals surface area contributed by atoms with E-state index in [1.807, 2.05) is 0 Å². The van der Waals surface area contributed by atoms with Crippen molar-refractivity contribution in [3.05, 3.63) is 33.3 Å². The minimum Gasteiger partial charge on any atom is -0.480 e. The molecule has 0 aliphatic carbocycles. The first-order chi connectivity index (χ1) is 7.74. The van der Waals surface area contributed by atoms with Crippen molar-refractivity contribution in [2.75, 3.05) is 5.75 Å². The van der Waals surface area contributed by atoms with E-state index in [4.69, 9.17) is 16.7 Å². The summed E-state index contributed by atoms with van der Waals surface area (Å²) in [4.78, 5) is 19.4. The number of nitrogens with zero attached hydrogens (tertiary/aromatic N) is 1. The third-order valence-electron chi connectivity index (χ3n) is 1.77. The topological polar surface area (TPSA) is 115 Å². The van der Waals surface area contributed by atoms with E-state index in [1.165, 1.54) is 0 Å². The molecule has 0 saturated carbocycles. The van der Waals surface area contributed by atoms with Crippen LogP contribution < -0.4 is 0 Å². The molecule has 0 saturated heterocycles. The second kappa shape index (κ2) is 4.68. The normalized spacial score (nSPS) is 11.1. The van der Waals surface area contributed by atoms with Gasteiger partial charge in [-0.25, -0.2) is 8.42 Å². The molecule has 1 rings (SSSR count). The van der Waals surface area contributed by atoms with Gasteiger partial charge in [0.2, 0.25) is 0 Å². The molecule has 0 unspecified atom stereocenters. The van der Waals surface area contributed by atoms with Crippen LogP contribution in [0.15, 0.2) is 23.1 Å². The molecule has 0 fully saturated rings. The summed E-state index contributed by atoms with van der Waals surface area (Å²) in [5, 5.41) is 19.1. The minimum atomic E-state index is -4.25. The van der Waals surface area contributed by atoms with Gasteiger partial charge >= 0.3 is 5.97 Å². The van der Waals surface area contributed by atoms with Gasteiger partial charge in [0.1, 0.15) is 4.90 Å². The highest BCUT2D eigenvalue weighted by Crippen LogP contribution is 2.27. The molecule has 0 spiro atoms. The van der Waals surface area contributed by atoms with Crippen LogP contribution in [0.25, 0.3) is 0 Å². The molecule has 1 aromatic rings. The lowest BCUT2D eigenvalue weighted by Gasteiger charge is -2.03. The van der Waals surface area contributed by atoms with Gasteiger partial charge < -0.3 is 5.11 Å². The van der Waals surface area contributed by atoms with Crippen LogP contribution in [0.4, 0.5) is 5.69 Å². The predicted octanol–water partition coefficient (Wildman–Crippen LogP) is 1.11. The Kier molecular flexibility index (Phi) is 3.69. The van der Waals surface area contributed by atoms with Gasteiger partial charge in [-0.2, -0.15) is 0 Å². The Balaban J connectivity index is 3.41. The quantitative estimate of drug-likeness (QED) is 0.652. The Hall–Kier alpha value is -1.67. The zero-order chi connectivity index (χ0) is 13.2. The van der Waals surface area contributed by atoms with E-state index in [1.54, 1.807) is 0 Å². The first-order valence-corrected chi connectivity index (χ1v) is 6.15. The molecule has 0 heterocycles. The lowest BCUT2D eigenvalue weighted by atomic mass is 10.3. The van der Waals surface area contributed by atoms with Crippen molar-refractivity contribution in [2.45, 2.75) is 4.90 Å². The fourth-order valence-electron chi connectivity index (χ4n) is 1.14. The van der Waals surface area contributed by atoms with E-state index in [0.29, 0.717) is 0 Å². The molecule has 7 nitrogen and oxygen atoms in total. The Morgan fingerprint density at radius 2 is 2.06 bits per heavy atom. The third kappa shape index (κ3) is 3.14. The number of rotatable bonds is 4. The molecule has 1 N–H and O–H groups in total. The van der Waals surface area contributed by atoms with E-state index in [9.17, 15) is 23.3 Å². The second-order valence-electron chi connectivity index (χ2n) is 3.02. The van der Waals surface area contributed by atoms with E-state index >= 15 is 0 Å². The first-order valence-electron chi connectivity index (χ1n) is 4.12. The molecule has 17 heavy (non-hydrogen) atoms. The molecule has 0 radical (unpaired) electrons. The van der Waals surface area contributed by atoms with Crippen LogP contribution in [0.3, 0.4) is 0 Å². The first kappa shape index (κ1) is 13.4. The number of benzene rings is 1. The van der Waals surface area contributed by atoms with Crippen molar-refractivity contribution in [3.63, 3.8) is 0 Å². The number of carbonyl (C=O) groups is 1. The Morgan fingerprint density at radius 1 is 1.47 bits per heavy atom. The van der Waals surface area contributed by atoms with Crippen molar-refractivity contribution < 1.29 is 23.2 Å². The summed E-state index contributed by atoms with van der Waals surface area (Å²) in [6.07, 6.45) is 0. The minimum absolute atomic E-state index is 0.00836. The summed E-state index contributed by atoms with van der Waals surface area (Å²) < 4.78 is 23.1. The summed E-state index contributed by atoms with van der Waals surface area (Å²) in [7, 11) is -4.25. The van der Waals surface area contributed by atoms with E-state index in [-0.39, 0.29) is 5.02 Å². The average molecular weight is 280 g/mol. The fraction of sp³-hybridized carbons (Fsp3) is 0.125. The lowest BCUT2D eigenvalue weighted by Crippen LogP contribution is -2.16. The number of aliphatic carboxylic acids is 1. The van der Waals surface area contributed by atoms with Crippen molar-refractivity contribution in [1.29, 1.82) is 0 Å². The molecule has 1 aromatic carbocycles. The highest BCUT2D eigenvalue weighted by molar-refractivity contribution is 7.92. The van der Waals surface area contributed by atoms with E-state index < -0.39 is 37.1 Å². The molecular weight excluding hydrogens is 274 g/mol. The van der Waals surface area contributed by atoms with Gasteiger partial charge in [-0.15, -0.1) is 0 Å². The monoisotopic (exact) mass is 279 g/mol. The van der Waals surface area contributed by atoms with Crippen LogP contribution in [0.5, 0.6) is 0 Å². The molecule has 0 atom stereocenters. The number of carboxylic acids is 1. The van der Waals surface area contributed by atoms with Crippen molar-refractivity contribution in [2.24, 2.45) is 0 Å². The van der Waals surface area contributed by atoms with Crippen molar-refractivity contribution in [3.8, 4) is 0 Å². The van der Waals surface area contributed by atoms with Crippen LogP contribution in [-0.2, 0) is 14.6 Å². The largest absolute Gasteiger partial charge is 0.480 e. The van der Waals surface area contributed by atoms with Crippen molar-refractivity contribution >= 4 is 33.1 Å². The van der Waals surface area contributed by atoms with Gasteiger partial charge in [-0.3, -0.25) is 14.9 Å². The SMILES string of the molecule is O=C(O)CS(=O)(=O)c1ccc(Cl)cc1[N+](=O)[O-].